The Morgan fingerprint density at radius 3 is 2.67 bits per heavy atom. The first kappa shape index (κ1) is 10.7. The summed E-state index contributed by atoms with van der Waals surface area (Å²) in [5, 5.41) is 8.05. The number of nitrogens with zero attached hydrogens (tertiary/aromatic N) is 2. The molecule has 0 unspecified atom stereocenters. The molecule has 1 aliphatic carbocycles. The summed E-state index contributed by atoms with van der Waals surface area (Å²) in [6, 6.07) is 2.16. The van der Waals surface area contributed by atoms with Gasteiger partial charge in [-0.15, -0.1) is 0 Å². The van der Waals surface area contributed by atoms with Crippen LogP contribution >= 0.6 is 0 Å². The molecule has 0 amide bonds. The molecule has 1 heterocycles. The third kappa shape index (κ3) is 2.07. The van der Waals surface area contributed by atoms with Crippen LogP contribution in [0.4, 0.5) is 0 Å². The molecule has 0 bridgehead atoms. The maximum atomic E-state index is 4.36. The van der Waals surface area contributed by atoms with E-state index in [9.17, 15) is 0 Å². The Kier molecular flexibility index (Phi) is 2.83. The van der Waals surface area contributed by atoms with Crippen molar-refractivity contribution in [3.8, 4) is 0 Å². The highest BCUT2D eigenvalue weighted by Gasteiger charge is 2.34. The molecule has 15 heavy (non-hydrogen) atoms. The molecule has 0 spiro atoms. The van der Waals surface area contributed by atoms with Crippen LogP contribution in [0.15, 0.2) is 6.07 Å². The van der Waals surface area contributed by atoms with E-state index in [0.29, 0.717) is 5.54 Å². The molecule has 1 aromatic rings. The van der Waals surface area contributed by atoms with Crippen LogP contribution in [0.25, 0.3) is 0 Å². The predicted molar refractivity (Wildman–Crippen MR) is 61.7 cm³/mol. The summed E-state index contributed by atoms with van der Waals surface area (Å²) >= 11 is 0. The maximum absolute atomic E-state index is 4.36. The summed E-state index contributed by atoms with van der Waals surface area (Å²) in [6.45, 7) is 5.27. The molecule has 84 valence electrons. The zero-order valence-corrected chi connectivity index (χ0v) is 10.0. The Hall–Kier alpha value is -0.830. The maximum Gasteiger partial charge on any atom is 0.0597 e. The Morgan fingerprint density at radius 1 is 1.53 bits per heavy atom. The fourth-order valence-electron chi connectivity index (χ4n) is 2.37. The minimum Gasteiger partial charge on any atom is -0.306 e. The van der Waals surface area contributed by atoms with E-state index >= 15 is 0 Å². The highest BCUT2D eigenvalue weighted by Crippen LogP contribution is 2.34. The lowest BCUT2D eigenvalue weighted by Gasteiger charge is -2.42. The summed E-state index contributed by atoms with van der Waals surface area (Å²) in [5.41, 5.74) is 2.82. The highest BCUT2D eigenvalue weighted by atomic mass is 15.3. The monoisotopic (exact) mass is 207 g/mol. The lowest BCUT2D eigenvalue weighted by molar-refractivity contribution is 0.174. The SMILES string of the molecule is CCC1(NCc2cc(C)nn2C)CCC1. The zero-order valence-electron chi connectivity index (χ0n) is 10.0. The average Bonchev–Trinajstić information content (AvgIpc) is 2.44. The van der Waals surface area contributed by atoms with Crippen LogP contribution in [-0.4, -0.2) is 15.3 Å². The van der Waals surface area contributed by atoms with Gasteiger partial charge in [0.1, 0.15) is 0 Å². The number of aryl methyl sites for hydroxylation is 2. The van der Waals surface area contributed by atoms with Gasteiger partial charge in [-0.25, -0.2) is 0 Å². The van der Waals surface area contributed by atoms with Gasteiger partial charge in [-0.3, -0.25) is 4.68 Å². The van der Waals surface area contributed by atoms with E-state index in [4.69, 9.17) is 0 Å². The molecule has 1 aromatic heterocycles. The zero-order chi connectivity index (χ0) is 10.9. The van der Waals surface area contributed by atoms with Gasteiger partial charge >= 0.3 is 0 Å². The second kappa shape index (κ2) is 3.97. The number of aromatic nitrogens is 2. The van der Waals surface area contributed by atoms with Gasteiger partial charge in [0.05, 0.1) is 11.4 Å². The van der Waals surface area contributed by atoms with Crippen LogP contribution in [0.5, 0.6) is 0 Å². The standard InChI is InChI=1S/C12H21N3/c1-4-12(6-5-7-12)13-9-11-8-10(2)14-15(11)3/h8,13H,4-7,9H2,1-3H3. The summed E-state index contributed by atoms with van der Waals surface area (Å²) in [5.74, 6) is 0. The van der Waals surface area contributed by atoms with Gasteiger partial charge in [0.2, 0.25) is 0 Å². The molecule has 0 aliphatic heterocycles. The van der Waals surface area contributed by atoms with Gasteiger partial charge in [0, 0.05) is 19.1 Å². The largest absolute Gasteiger partial charge is 0.306 e. The lowest BCUT2D eigenvalue weighted by Crippen LogP contribution is -2.50. The lowest BCUT2D eigenvalue weighted by atomic mass is 9.75. The summed E-state index contributed by atoms with van der Waals surface area (Å²) in [4.78, 5) is 0. The van der Waals surface area contributed by atoms with E-state index in [1.165, 1.54) is 31.4 Å². The first-order valence-electron chi connectivity index (χ1n) is 5.90. The van der Waals surface area contributed by atoms with Crippen LogP contribution in [0.2, 0.25) is 0 Å². The van der Waals surface area contributed by atoms with E-state index in [2.05, 4.69) is 23.4 Å². The van der Waals surface area contributed by atoms with Crippen LogP contribution in [0, 0.1) is 6.92 Å². The van der Waals surface area contributed by atoms with Gasteiger partial charge in [-0.05, 0) is 38.7 Å². The Labute approximate surface area is 91.9 Å². The summed E-state index contributed by atoms with van der Waals surface area (Å²) in [7, 11) is 2.02. The Bertz CT molecular complexity index is 331. The van der Waals surface area contributed by atoms with Crippen molar-refractivity contribution in [1.82, 2.24) is 15.1 Å². The van der Waals surface area contributed by atoms with Gasteiger partial charge in [-0.1, -0.05) is 6.92 Å². The normalized spacial score (nSPS) is 18.9. The fourth-order valence-corrected chi connectivity index (χ4v) is 2.37. The van der Waals surface area contributed by atoms with Crippen molar-refractivity contribution >= 4 is 0 Å². The smallest absolute Gasteiger partial charge is 0.0597 e. The van der Waals surface area contributed by atoms with Crippen molar-refractivity contribution < 1.29 is 0 Å². The molecule has 0 aromatic carbocycles. The van der Waals surface area contributed by atoms with Crippen molar-refractivity contribution in [3.63, 3.8) is 0 Å². The summed E-state index contributed by atoms with van der Waals surface area (Å²) < 4.78 is 1.98. The van der Waals surface area contributed by atoms with Crippen molar-refractivity contribution in [2.45, 2.75) is 51.6 Å². The van der Waals surface area contributed by atoms with Crippen molar-refractivity contribution in [2.24, 2.45) is 7.05 Å². The van der Waals surface area contributed by atoms with Crippen molar-refractivity contribution in [2.75, 3.05) is 0 Å². The molecule has 3 nitrogen and oxygen atoms in total. The second-order valence-corrected chi connectivity index (χ2v) is 4.74. The van der Waals surface area contributed by atoms with Gasteiger partial charge in [-0.2, -0.15) is 5.10 Å². The fraction of sp³-hybridized carbons (Fsp3) is 0.750. The molecule has 0 radical (unpaired) electrons. The highest BCUT2D eigenvalue weighted by molar-refractivity contribution is 5.09. The third-order valence-corrected chi connectivity index (χ3v) is 3.73. The molecular formula is C12H21N3. The van der Waals surface area contributed by atoms with Crippen LogP contribution < -0.4 is 5.32 Å². The number of nitrogens with one attached hydrogen (secondary N) is 1. The van der Waals surface area contributed by atoms with Crippen LogP contribution in [0.1, 0.15) is 44.0 Å². The van der Waals surface area contributed by atoms with Gasteiger partial charge in [0.25, 0.3) is 0 Å². The molecule has 1 fully saturated rings. The minimum atomic E-state index is 0.429. The second-order valence-electron chi connectivity index (χ2n) is 4.74. The third-order valence-electron chi connectivity index (χ3n) is 3.73. The van der Waals surface area contributed by atoms with Gasteiger partial charge in [0.15, 0.2) is 0 Å². The van der Waals surface area contributed by atoms with E-state index in [1.54, 1.807) is 0 Å². The first-order chi connectivity index (χ1) is 7.15. The van der Waals surface area contributed by atoms with Crippen LogP contribution in [-0.2, 0) is 13.6 Å². The number of hydrogen-bond donors (Lipinski definition) is 1. The molecule has 3 heteroatoms. The van der Waals surface area contributed by atoms with Crippen LogP contribution in [0.3, 0.4) is 0 Å². The van der Waals surface area contributed by atoms with E-state index in [0.717, 1.165) is 12.2 Å². The number of hydrogen-bond acceptors (Lipinski definition) is 2. The molecule has 1 N–H and O–H groups in total. The Balaban J connectivity index is 1.95. The van der Waals surface area contributed by atoms with E-state index in [1.807, 2.05) is 18.7 Å². The molecule has 1 aliphatic rings. The molecule has 0 atom stereocenters. The Morgan fingerprint density at radius 2 is 2.27 bits per heavy atom. The quantitative estimate of drug-likeness (QED) is 0.820. The molecule has 0 saturated heterocycles. The average molecular weight is 207 g/mol. The number of rotatable bonds is 4. The topological polar surface area (TPSA) is 29.9 Å². The van der Waals surface area contributed by atoms with Crippen molar-refractivity contribution in [1.29, 1.82) is 0 Å². The predicted octanol–water partition coefficient (Wildman–Crippen LogP) is 2.15. The minimum absolute atomic E-state index is 0.429. The molecule has 2 rings (SSSR count). The first-order valence-corrected chi connectivity index (χ1v) is 5.90. The van der Waals surface area contributed by atoms with Gasteiger partial charge < -0.3 is 5.32 Å². The molecular weight excluding hydrogens is 186 g/mol. The van der Waals surface area contributed by atoms with E-state index in [-0.39, 0.29) is 0 Å². The van der Waals surface area contributed by atoms with E-state index < -0.39 is 0 Å². The summed E-state index contributed by atoms with van der Waals surface area (Å²) in [6.07, 6.45) is 5.29. The van der Waals surface area contributed by atoms with Crippen molar-refractivity contribution in [3.05, 3.63) is 17.5 Å². The molecule has 1 saturated carbocycles.